The van der Waals surface area contributed by atoms with Crippen molar-refractivity contribution in [2.75, 3.05) is 6.54 Å². The zero-order chi connectivity index (χ0) is 19.1. The molecule has 8 heteroatoms. The minimum atomic E-state index is -0.225. The van der Waals surface area contributed by atoms with Gasteiger partial charge in [0.25, 0.3) is 11.6 Å². The van der Waals surface area contributed by atoms with Crippen molar-refractivity contribution in [3.63, 3.8) is 0 Å². The van der Waals surface area contributed by atoms with E-state index in [1.54, 1.807) is 23.3 Å². The molecular weight excluding hydrogens is 356 g/mol. The van der Waals surface area contributed by atoms with E-state index >= 15 is 0 Å². The summed E-state index contributed by atoms with van der Waals surface area (Å²) in [5, 5.41) is 16.1. The van der Waals surface area contributed by atoms with Crippen molar-refractivity contribution in [3.8, 4) is 11.3 Å². The van der Waals surface area contributed by atoms with Gasteiger partial charge in [0.1, 0.15) is 0 Å². The highest BCUT2D eigenvalue weighted by atomic mass is 16.5. The number of hydrogen-bond acceptors (Lipinski definition) is 6. The number of aryl methyl sites for hydroxylation is 1. The number of nitrogens with zero attached hydrogens (tertiary/aromatic N) is 5. The van der Waals surface area contributed by atoms with Gasteiger partial charge in [0.05, 0.1) is 40.3 Å². The van der Waals surface area contributed by atoms with E-state index in [-0.39, 0.29) is 11.4 Å². The van der Waals surface area contributed by atoms with Gasteiger partial charge in [0.15, 0.2) is 0 Å². The van der Waals surface area contributed by atoms with Gasteiger partial charge in [-0.2, -0.15) is 15.0 Å². The first-order valence-electron chi connectivity index (χ1n) is 9.14. The molecule has 8 nitrogen and oxygen atoms in total. The van der Waals surface area contributed by atoms with Crippen LogP contribution < -0.4 is 5.32 Å². The van der Waals surface area contributed by atoms with Gasteiger partial charge in [-0.3, -0.25) is 4.79 Å². The normalized spacial score (nSPS) is 14.9. The molecule has 1 amide bonds. The summed E-state index contributed by atoms with van der Waals surface area (Å²) >= 11 is 0. The summed E-state index contributed by atoms with van der Waals surface area (Å²) in [7, 11) is 0. The standard InChI is InChI=1S/C20H18N6O2/c1-13-17-15(18(27)21-12-20(7-8-20)26-22-9-10-23-26)11-16(24-19(17)28-25-13)14-5-3-2-4-6-14/h2-6,9-11H,7-8,12H2,1H3,(H,21,27). The average Bonchev–Trinajstić information content (AvgIpc) is 3.13. The zero-order valence-electron chi connectivity index (χ0n) is 15.3. The zero-order valence-corrected chi connectivity index (χ0v) is 15.3. The van der Waals surface area contributed by atoms with Crippen molar-refractivity contribution < 1.29 is 9.32 Å². The lowest BCUT2D eigenvalue weighted by Gasteiger charge is -2.15. The van der Waals surface area contributed by atoms with Crippen molar-refractivity contribution in [3.05, 3.63) is 60.0 Å². The minimum absolute atomic E-state index is 0.186. The SMILES string of the molecule is Cc1noc2nc(-c3ccccc3)cc(C(=O)NCC3(n4nccn4)CC3)c12. The summed E-state index contributed by atoms with van der Waals surface area (Å²) in [6, 6.07) is 11.5. The van der Waals surface area contributed by atoms with E-state index in [9.17, 15) is 4.79 Å². The number of pyridine rings is 1. The highest BCUT2D eigenvalue weighted by Gasteiger charge is 2.46. The van der Waals surface area contributed by atoms with Gasteiger partial charge in [-0.05, 0) is 25.8 Å². The Hall–Kier alpha value is -3.55. The Bertz CT molecular complexity index is 1150. The first kappa shape index (κ1) is 16.6. The Balaban J connectivity index is 1.49. The molecule has 0 unspecified atom stereocenters. The van der Waals surface area contributed by atoms with Crippen LogP contribution in [0, 0.1) is 6.92 Å². The maximum absolute atomic E-state index is 13.1. The van der Waals surface area contributed by atoms with Crippen molar-refractivity contribution >= 4 is 17.0 Å². The predicted octanol–water partition coefficient (Wildman–Crippen LogP) is 2.71. The highest BCUT2D eigenvalue weighted by Crippen LogP contribution is 2.41. The molecule has 4 aromatic rings. The van der Waals surface area contributed by atoms with E-state index in [1.807, 2.05) is 37.3 Å². The molecule has 28 heavy (non-hydrogen) atoms. The molecule has 1 aromatic carbocycles. The van der Waals surface area contributed by atoms with E-state index < -0.39 is 0 Å². The molecular formula is C20H18N6O2. The lowest BCUT2D eigenvalue weighted by molar-refractivity contribution is 0.0944. The molecule has 1 fully saturated rings. The number of aromatic nitrogens is 5. The van der Waals surface area contributed by atoms with Gasteiger partial charge in [-0.1, -0.05) is 35.5 Å². The van der Waals surface area contributed by atoms with Gasteiger partial charge < -0.3 is 9.84 Å². The average molecular weight is 374 g/mol. The van der Waals surface area contributed by atoms with Crippen molar-refractivity contribution in [2.24, 2.45) is 0 Å². The van der Waals surface area contributed by atoms with Crippen LogP contribution in [0.15, 0.2) is 53.3 Å². The lowest BCUT2D eigenvalue weighted by Crippen LogP contribution is -2.36. The molecule has 0 saturated heterocycles. The van der Waals surface area contributed by atoms with E-state index in [0.29, 0.717) is 34.6 Å². The highest BCUT2D eigenvalue weighted by molar-refractivity contribution is 6.07. The number of nitrogens with one attached hydrogen (secondary N) is 1. The topological polar surface area (TPSA) is 98.7 Å². The maximum Gasteiger partial charge on any atom is 0.259 e. The first-order chi connectivity index (χ1) is 13.7. The quantitative estimate of drug-likeness (QED) is 0.577. The molecule has 3 aromatic heterocycles. The van der Waals surface area contributed by atoms with E-state index in [1.165, 1.54) is 0 Å². The molecule has 5 rings (SSSR count). The van der Waals surface area contributed by atoms with Crippen molar-refractivity contribution in [2.45, 2.75) is 25.3 Å². The van der Waals surface area contributed by atoms with Crippen molar-refractivity contribution in [1.29, 1.82) is 0 Å². The third-order valence-corrected chi connectivity index (χ3v) is 5.18. The van der Waals surface area contributed by atoms with Crippen molar-refractivity contribution in [1.82, 2.24) is 30.5 Å². The fourth-order valence-electron chi connectivity index (χ4n) is 3.42. The molecule has 1 N–H and O–H groups in total. The second-order valence-corrected chi connectivity index (χ2v) is 7.09. The Morgan fingerprint density at radius 1 is 1.21 bits per heavy atom. The summed E-state index contributed by atoms with van der Waals surface area (Å²) < 4.78 is 5.35. The van der Waals surface area contributed by atoms with Crippen LogP contribution in [0.3, 0.4) is 0 Å². The number of carbonyl (C=O) groups excluding carboxylic acids is 1. The van der Waals surface area contributed by atoms with Crippen LogP contribution in [0.4, 0.5) is 0 Å². The summed E-state index contributed by atoms with van der Waals surface area (Å²) in [5.41, 5.74) is 2.86. The van der Waals surface area contributed by atoms with Crippen LogP contribution in [-0.4, -0.2) is 37.6 Å². The Morgan fingerprint density at radius 2 is 1.96 bits per heavy atom. The molecule has 0 aliphatic heterocycles. The van der Waals surface area contributed by atoms with Gasteiger partial charge in [0.2, 0.25) is 0 Å². The summed E-state index contributed by atoms with van der Waals surface area (Å²) in [6.45, 7) is 2.28. The van der Waals surface area contributed by atoms with Crippen LogP contribution in [0.25, 0.3) is 22.4 Å². The van der Waals surface area contributed by atoms with E-state index in [0.717, 1.165) is 18.4 Å². The number of rotatable bonds is 5. The predicted molar refractivity (Wildman–Crippen MR) is 102 cm³/mol. The molecule has 1 aliphatic carbocycles. The fourth-order valence-corrected chi connectivity index (χ4v) is 3.42. The molecule has 0 radical (unpaired) electrons. The number of fused-ring (bicyclic) bond motifs is 1. The Labute approximate surface area is 160 Å². The molecule has 140 valence electrons. The third-order valence-electron chi connectivity index (χ3n) is 5.18. The van der Waals surface area contributed by atoms with E-state index in [4.69, 9.17) is 4.52 Å². The smallest absolute Gasteiger partial charge is 0.259 e. The van der Waals surface area contributed by atoms with Gasteiger partial charge in [-0.25, -0.2) is 4.98 Å². The van der Waals surface area contributed by atoms with Crippen LogP contribution in [0.5, 0.6) is 0 Å². The van der Waals surface area contributed by atoms with E-state index in [2.05, 4.69) is 25.7 Å². The molecule has 0 atom stereocenters. The second kappa shape index (κ2) is 6.26. The molecule has 3 heterocycles. The molecule has 1 saturated carbocycles. The fraction of sp³-hybridized carbons (Fsp3) is 0.250. The summed E-state index contributed by atoms with van der Waals surface area (Å²) in [4.78, 5) is 19.3. The van der Waals surface area contributed by atoms with Gasteiger partial charge in [-0.15, -0.1) is 0 Å². The van der Waals surface area contributed by atoms with Crippen LogP contribution in [0.2, 0.25) is 0 Å². The second-order valence-electron chi connectivity index (χ2n) is 7.09. The summed E-state index contributed by atoms with van der Waals surface area (Å²) in [5.74, 6) is -0.186. The molecule has 1 aliphatic rings. The number of amides is 1. The molecule has 0 spiro atoms. The molecule has 0 bridgehead atoms. The number of carbonyl (C=O) groups is 1. The minimum Gasteiger partial charge on any atom is -0.350 e. The maximum atomic E-state index is 13.1. The monoisotopic (exact) mass is 374 g/mol. The Morgan fingerprint density at radius 3 is 2.68 bits per heavy atom. The van der Waals surface area contributed by atoms with Gasteiger partial charge >= 0.3 is 0 Å². The third kappa shape index (κ3) is 2.74. The lowest BCUT2D eigenvalue weighted by atomic mass is 10.0. The largest absolute Gasteiger partial charge is 0.350 e. The van der Waals surface area contributed by atoms with Gasteiger partial charge in [0, 0.05) is 12.1 Å². The van der Waals surface area contributed by atoms with Crippen LogP contribution in [-0.2, 0) is 5.54 Å². The number of hydrogen-bond donors (Lipinski definition) is 1. The summed E-state index contributed by atoms with van der Waals surface area (Å²) in [6.07, 6.45) is 5.19. The van der Waals surface area contributed by atoms with Crippen LogP contribution in [0.1, 0.15) is 28.9 Å². The first-order valence-corrected chi connectivity index (χ1v) is 9.14. The Kier molecular flexibility index (Phi) is 3.71. The number of benzene rings is 1. The van der Waals surface area contributed by atoms with Crippen LogP contribution >= 0.6 is 0 Å².